The number of hydrogen-bond acceptors (Lipinski definition) is 3. The number of amides is 1. The normalized spacial score (nSPS) is 11.9. The van der Waals surface area contributed by atoms with Gasteiger partial charge >= 0.3 is 0 Å². The Bertz CT molecular complexity index is 385. The molecule has 1 aromatic rings. The molecule has 18 heavy (non-hydrogen) atoms. The van der Waals surface area contributed by atoms with Crippen LogP contribution in [0.4, 0.5) is 4.39 Å². The van der Waals surface area contributed by atoms with E-state index < -0.39 is 0 Å². The lowest BCUT2D eigenvalue weighted by molar-refractivity contribution is -0.121. The van der Waals surface area contributed by atoms with E-state index in [1.54, 1.807) is 19.2 Å². The molecule has 1 amide bonds. The summed E-state index contributed by atoms with van der Waals surface area (Å²) in [4.78, 5) is 11.3. The van der Waals surface area contributed by atoms with E-state index in [-0.39, 0.29) is 17.8 Å². The molecule has 1 unspecified atom stereocenters. The highest BCUT2D eigenvalue weighted by Crippen LogP contribution is 2.13. The quantitative estimate of drug-likeness (QED) is 0.771. The van der Waals surface area contributed by atoms with Gasteiger partial charge in [0.25, 0.3) is 0 Å². The van der Waals surface area contributed by atoms with E-state index in [0.29, 0.717) is 25.3 Å². The molecular formula is C13H19FN2O2. The van der Waals surface area contributed by atoms with Crippen LogP contribution in [-0.4, -0.2) is 32.1 Å². The molecule has 0 aliphatic carbocycles. The van der Waals surface area contributed by atoms with Crippen LogP contribution in [0.5, 0.6) is 5.75 Å². The first-order valence-electron chi connectivity index (χ1n) is 5.95. The Morgan fingerprint density at radius 1 is 1.50 bits per heavy atom. The molecule has 0 aliphatic heterocycles. The maximum Gasteiger partial charge on any atom is 0.221 e. The Balaban J connectivity index is 2.29. The van der Waals surface area contributed by atoms with Gasteiger partial charge in [-0.25, -0.2) is 4.39 Å². The Kier molecular flexibility index (Phi) is 6.14. The van der Waals surface area contributed by atoms with Gasteiger partial charge in [0.2, 0.25) is 5.91 Å². The van der Waals surface area contributed by atoms with Crippen molar-refractivity contribution in [1.82, 2.24) is 10.6 Å². The highest BCUT2D eigenvalue weighted by atomic mass is 19.1. The second kappa shape index (κ2) is 7.66. The maximum absolute atomic E-state index is 12.9. The predicted molar refractivity (Wildman–Crippen MR) is 68.0 cm³/mol. The number of rotatable bonds is 7. The van der Waals surface area contributed by atoms with Crippen molar-refractivity contribution in [2.24, 2.45) is 0 Å². The van der Waals surface area contributed by atoms with Crippen LogP contribution < -0.4 is 15.4 Å². The van der Waals surface area contributed by atoms with E-state index in [1.165, 1.54) is 12.1 Å². The second-order valence-corrected chi connectivity index (χ2v) is 4.04. The number of carbonyl (C=O) groups is 1. The third kappa shape index (κ3) is 5.63. The standard InChI is InChI=1S/C13H19FN2O2/c1-10(9-16-13(17)6-7-15-2)18-12-5-3-4-11(14)8-12/h3-5,8,10,15H,6-7,9H2,1-2H3,(H,16,17). The first kappa shape index (κ1) is 14.4. The summed E-state index contributed by atoms with van der Waals surface area (Å²) in [5.41, 5.74) is 0. The molecule has 5 heteroatoms. The van der Waals surface area contributed by atoms with Gasteiger partial charge in [0.15, 0.2) is 0 Å². The van der Waals surface area contributed by atoms with Crippen molar-refractivity contribution in [3.05, 3.63) is 30.1 Å². The van der Waals surface area contributed by atoms with E-state index in [2.05, 4.69) is 10.6 Å². The van der Waals surface area contributed by atoms with Gasteiger partial charge in [-0.1, -0.05) is 6.07 Å². The SMILES string of the molecule is CNCCC(=O)NCC(C)Oc1cccc(F)c1. The lowest BCUT2D eigenvalue weighted by Crippen LogP contribution is -2.34. The number of hydrogen-bond donors (Lipinski definition) is 2. The fourth-order valence-corrected chi connectivity index (χ4v) is 1.40. The van der Waals surface area contributed by atoms with Crippen LogP contribution in [0.3, 0.4) is 0 Å². The highest BCUT2D eigenvalue weighted by Gasteiger charge is 2.07. The molecule has 0 spiro atoms. The molecule has 1 aromatic carbocycles. The fraction of sp³-hybridized carbons (Fsp3) is 0.462. The van der Waals surface area contributed by atoms with Gasteiger partial charge in [-0.3, -0.25) is 4.79 Å². The van der Waals surface area contributed by atoms with Crippen LogP contribution in [0.25, 0.3) is 0 Å². The zero-order chi connectivity index (χ0) is 13.4. The summed E-state index contributed by atoms with van der Waals surface area (Å²) >= 11 is 0. The Labute approximate surface area is 107 Å². The van der Waals surface area contributed by atoms with Crippen LogP contribution >= 0.6 is 0 Å². The molecule has 0 aromatic heterocycles. The monoisotopic (exact) mass is 254 g/mol. The zero-order valence-electron chi connectivity index (χ0n) is 10.7. The highest BCUT2D eigenvalue weighted by molar-refractivity contribution is 5.76. The van der Waals surface area contributed by atoms with E-state index in [1.807, 2.05) is 6.92 Å². The molecule has 0 fully saturated rings. The number of carbonyl (C=O) groups excluding carboxylic acids is 1. The minimum absolute atomic E-state index is 0.0287. The van der Waals surface area contributed by atoms with Gasteiger partial charge in [-0.05, 0) is 26.1 Å². The van der Waals surface area contributed by atoms with Gasteiger partial charge in [0.05, 0.1) is 6.54 Å². The molecule has 0 bridgehead atoms. The number of ether oxygens (including phenoxy) is 1. The summed E-state index contributed by atoms with van der Waals surface area (Å²) in [5.74, 6) is 0.101. The first-order valence-corrected chi connectivity index (χ1v) is 5.95. The van der Waals surface area contributed by atoms with E-state index in [0.717, 1.165) is 0 Å². The first-order chi connectivity index (χ1) is 8.61. The minimum Gasteiger partial charge on any atom is -0.489 e. The molecule has 0 radical (unpaired) electrons. The van der Waals surface area contributed by atoms with Crippen molar-refractivity contribution in [2.75, 3.05) is 20.1 Å². The van der Waals surface area contributed by atoms with Crippen LogP contribution in [0.2, 0.25) is 0 Å². The summed E-state index contributed by atoms with van der Waals surface area (Å²) in [6.07, 6.45) is 0.230. The van der Waals surface area contributed by atoms with Crippen molar-refractivity contribution in [1.29, 1.82) is 0 Å². The number of nitrogens with one attached hydrogen (secondary N) is 2. The predicted octanol–water partition coefficient (Wildman–Crippen LogP) is 1.32. The van der Waals surface area contributed by atoms with E-state index in [4.69, 9.17) is 4.74 Å². The number of benzene rings is 1. The molecule has 1 atom stereocenters. The van der Waals surface area contributed by atoms with Crippen LogP contribution in [0.15, 0.2) is 24.3 Å². The molecule has 4 nitrogen and oxygen atoms in total. The van der Waals surface area contributed by atoms with Crippen LogP contribution in [0.1, 0.15) is 13.3 Å². The number of halogens is 1. The fourth-order valence-electron chi connectivity index (χ4n) is 1.40. The van der Waals surface area contributed by atoms with Crippen molar-refractivity contribution < 1.29 is 13.9 Å². The van der Waals surface area contributed by atoms with Gasteiger partial charge in [0, 0.05) is 19.0 Å². The van der Waals surface area contributed by atoms with Gasteiger partial charge < -0.3 is 15.4 Å². The largest absolute Gasteiger partial charge is 0.489 e. The van der Waals surface area contributed by atoms with Crippen molar-refractivity contribution >= 4 is 5.91 Å². The minimum atomic E-state index is -0.335. The second-order valence-electron chi connectivity index (χ2n) is 4.04. The van der Waals surface area contributed by atoms with Crippen molar-refractivity contribution in [3.8, 4) is 5.75 Å². The Hall–Kier alpha value is -1.62. The molecule has 0 heterocycles. The summed E-state index contributed by atoms with van der Waals surface area (Å²) < 4.78 is 18.4. The van der Waals surface area contributed by atoms with Gasteiger partial charge in [0.1, 0.15) is 17.7 Å². The van der Waals surface area contributed by atoms with Crippen molar-refractivity contribution in [3.63, 3.8) is 0 Å². The Morgan fingerprint density at radius 2 is 2.28 bits per heavy atom. The molecule has 0 saturated heterocycles. The molecule has 0 aliphatic rings. The molecule has 100 valence electrons. The molecule has 2 N–H and O–H groups in total. The summed E-state index contributed by atoms with van der Waals surface area (Å²) in [6.45, 7) is 2.87. The zero-order valence-corrected chi connectivity index (χ0v) is 10.7. The van der Waals surface area contributed by atoms with E-state index in [9.17, 15) is 9.18 Å². The molecule has 0 saturated carbocycles. The Morgan fingerprint density at radius 3 is 2.94 bits per heavy atom. The average molecular weight is 254 g/mol. The molecular weight excluding hydrogens is 235 g/mol. The summed E-state index contributed by atoms with van der Waals surface area (Å²) in [6, 6.07) is 5.95. The third-order valence-corrected chi connectivity index (χ3v) is 2.32. The maximum atomic E-state index is 12.9. The molecule has 1 rings (SSSR count). The van der Waals surface area contributed by atoms with Gasteiger partial charge in [-0.15, -0.1) is 0 Å². The topological polar surface area (TPSA) is 50.4 Å². The average Bonchev–Trinajstić information content (AvgIpc) is 2.34. The summed E-state index contributed by atoms with van der Waals surface area (Å²) in [7, 11) is 1.79. The van der Waals surface area contributed by atoms with Crippen LogP contribution in [-0.2, 0) is 4.79 Å². The smallest absolute Gasteiger partial charge is 0.221 e. The van der Waals surface area contributed by atoms with Crippen molar-refractivity contribution in [2.45, 2.75) is 19.4 Å². The lowest BCUT2D eigenvalue weighted by atomic mass is 10.3. The third-order valence-electron chi connectivity index (χ3n) is 2.32. The van der Waals surface area contributed by atoms with Crippen LogP contribution in [0, 0.1) is 5.82 Å². The van der Waals surface area contributed by atoms with E-state index >= 15 is 0 Å². The van der Waals surface area contributed by atoms with Gasteiger partial charge in [-0.2, -0.15) is 0 Å². The summed E-state index contributed by atoms with van der Waals surface area (Å²) in [5, 5.41) is 5.65. The lowest BCUT2D eigenvalue weighted by Gasteiger charge is -2.15.